The Kier molecular flexibility index (Phi) is 6.02. The van der Waals surface area contributed by atoms with Gasteiger partial charge < -0.3 is 15.1 Å². The van der Waals surface area contributed by atoms with E-state index in [-0.39, 0.29) is 17.7 Å². The molecule has 1 aromatic carbocycles. The molecule has 1 aliphatic rings. The Labute approximate surface area is 138 Å². The van der Waals surface area contributed by atoms with Crippen LogP contribution in [0.3, 0.4) is 0 Å². The highest BCUT2D eigenvalue weighted by molar-refractivity contribution is 5.95. The summed E-state index contributed by atoms with van der Waals surface area (Å²) in [6, 6.07) is 7.61. The minimum atomic E-state index is -0.0831. The summed E-state index contributed by atoms with van der Waals surface area (Å²) < 4.78 is 0. The Balaban J connectivity index is 2.00. The zero-order chi connectivity index (χ0) is 16.8. The number of piperidine rings is 1. The van der Waals surface area contributed by atoms with Crippen molar-refractivity contribution in [3.63, 3.8) is 0 Å². The van der Waals surface area contributed by atoms with E-state index >= 15 is 0 Å². The number of nitrogens with one attached hydrogen (secondary N) is 1. The fraction of sp³-hybridized carbons (Fsp3) is 0.556. The number of rotatable bonds is 5. The van der Waals surface area contributed by atoms with E-state index in [9.17, 15) is 9.59 Å². The van der Waals surface area contributed by atoms with Gasteiger partial charge in [-0.05, 0) is 43.5 Å². The van der Waals surface area contributed by atoms with Crippen LogP contribution in [0.4, 0.5) is 5.69 Å². The molecule has 0 spiro atoms. The van der Waals surface area contributed by atoms with Crippen molar-refractivity contribution in [3.8, 4) is 0 Å². The van der Waals surface area contributed by atoms with Gasteiger partial charge in [-0.1, -0.05) is 6.92 Å². The molecule has 0 aromatic heterocycles. The molecule has 126 valence electrons. The van der Waals surface area contributed by atoms with Crippen molar-refractivity contribution < 1.29 is 9.59 Å². The van der Waals surface area contributed by atoms with Crippen LogP contribution in [0.15, 0.2) is 24.3 Å². The number of amides is 2. The average molecular weight is 317 g/mol. The lowest BCUT2D eigenvalue weighted by Gasteiger charge is -2.32. The summed E-state index contributed by atoms with van der Waals surface area (Å²) >= 11 is 0. The minimum Gasteiger partial charge on any atom is -0.378 e. The molecule has 0 aliphatic carbocycles. The summed E-state index contributed by atoms with van der Waals surface area (Å²) in [7, 11) is 3.95. The molecule has 0 saturated carbocycles. The van der Waals surface area contributed by atoms with Crippen molar-refractivity contribution >= 4 is 17.5 Å². The second kappa shape index (κ2) is 7.99. The Morgan fingerprint density at radius 2 is 1.96 bits per heavy atom. The highest BCUT2D eigenvalue weighted by Crippen LogP contribution is 2.20. The molecular weight excluding hydrogens is 290 g/mol. The van der Waals surface area contributed by atoms with Gasteiger partial charge in [-0.2, -0.15) is 0 Å². The van der Waals surface area contributed by atoms with Gasteiger partial charge in [0.25, 0.3) is 5.91 Å². The Morgan fingerprint density at radius 1 is 1.26 bits per heavy atom. The number of benzene rings is 1. The van der Waals surface area contributed by atoms with E-state index in [0.29, 0.717) is 18.7 Å². The average Bonchev–Trinajstić information content (AvgIpc) is 2.59. The first-order chi connectivity index (χ1) is 11.0. The summed E-state index contributed by atoms with van der Waals surface area (Å²) in [5, 5.41) is 2.94. The Morgan fingerprint density at radius 3 is 2.57 bits per heavy atom. The molecular formula is C18H27N3O2. The maximum Gasteiger partial charge on any atom is 0.253 e. The lowest BCUT2D eigenvalue weighted by Crippen LogP contribution is -2.45. The predicted octanol–water partition coefficient (Wildman–Crippen LogP) is 2.13. The van der Waals surface area contributed by atoms with Crippen LogP contribution in [0, 0.1) is 5.92 Å². The standard InChI is InChI=1S/C18H27N3O2/c1-4-11-19-17(22)15-6-5-12-21(13-15)18(23)14-7-9-16(10-8-14)20(2)3/h7-10,15H,4-6,11-13H2,1-3H3,(H,19,22)/t15-/m1/s1. The third-order valence-electron chi connectivity index (χ3n) is 4.26. The van der Waals surface area contributed by atoms with E-state index in [1.54, 1.807) is 0 Å². The number of nitrogens with zero attached hydrogens (tertiary/aromatic N) is 2. The normalized spacial score (nSPS) is 17.7. The Hall–Kier alpha value is -2.04. The van der Waals surface area contributed by atoms with Crippen LogP contribution in [0.1, 0.15) is 36.5 Å². The third-order valence-corrected chi connectivity index (χ3v) is 4.26. The maximum absolute atomic E-state index is 12.6. The van der Waals surface area contributed by atoms with E-state index < -0.39 is 0 Å². The Bertz CT molecular complexity index is 540. The van der Waals surface area contributed by atoms with Crippen molar-refractivity contribution in [1.29, 1.82) is 0 Å². The van der Waals surface area contributed by atoms with Crippen LogP contribution in [0.5, 0.6) is 0 Å². The summed E-state index contributed by atoms with van der Waals surface area (Å²) in [5.41, 5.74) is 1.75. The first-order valence-corrected chi connectivity index (χ1v) is 8.37. The minimum absolute atomic E-state index is 0.0169. The van der Waals surface area contributed by atoms with Gasteiger partial charge in [-0.3, -0.25) is 9.59 Å². The number of likely N-dealkylation sites (tertiary alicyclic amines) is 1. The van der Waals surface area contributed by atoms with Crippen LogP contribution in [0.2, 0.25) is 0 Å². The third kappa shape index (κ3) is 4.47. The topological polar surface area (TPSA) is 52.7 Å². The largest absolute Gasteiger partial charge is 0.378 e. The van der Waals surface area contributed by atoms with E-state index in [4.69, 9.17) is 0 Å². The highest BCUT2D eigenvalue weighted by Gasteiger charge is 2.28. The van der Waals surface area contributed by atoms with Crippen LogP contribution < -0.4 is 10.2 Å². The van der Waals surface area contributed by atoms with E-state index in [1.165, 1.54) is 0 Å². The van der Waals surface area contributed by atoms with Gasteiger partial charge in [0.15, 0.2) is 0 Å². The van der Waals surface area contributed by atoms with Crippen LogP contribution in [-0.2, 0) is 4.79 Å². The molecule has 1 saturated heterocycles. The van der Waals surface area contributed by atoms with Crippen LogP contribution in [0.25, 0.3) is 0 Å². The van der Waals surface area contributed by atoms with Gasteiger partial charge in [0.1, 0.15) is 0 Å². The first kappa shape index (κ1) is 17.3. The lowest BCUT2D eigenvalue weighted by atomic mass is 9.96. The number of carbonyl (C=O) groups excluding carboxylic acids is 2. The highest BCUT2D eigenvalue weighted by atomic mass is 16.2. The summed E-state index contributed by atoms with van der Waals surface area (Å²) in [4.78, 5) is 28.6. The molecule has 0 radical (unpaired) electrons. The molecule has 1 fully saturated rings. The van der Waals surface area contributed by atoms with E-state index in [1.807, 2.05) is 55.1 Å². The van der Waals surface area contributed by atoms with Crippen molar-refractivity contribution in [2.75, 3.05) is 38.6 Å². The maximum atomic E-state index is 12.6. The van der Waals surface area contributed by atoms with Gasteiger partial charge in [0, 0.05) is 45.0 Å². The van der Waals surface area contributed by atoms with Crippen molar-refractivity contribution in [3.05, 3.63) is 29.8 Å². The van der Waals surface area contributed by atoms with Crippen LogP contribution in [-0.4, -0.2) is 50.4 Å². The predicted molar refractivity (Wildman–Crippen MR) is 92.7 cm³/mol. The fourth-order valence-corrected chi connectivity index (χ4v) is 2.85. The number of hydrogen-bond donors (Lipinski definition) is 1. The van der Waals surface area contributed by atoms with Gasteiger partial charge in [-0.25, -0.2) is 0 Å². The molecule has 5 heteroatoms. The SMILES string of the molecule is CCCNC(=O)[C@@H]1CCCN(C(=O)c2ccc(N(C)C)cc2)C1. The molecule has 1 heterocycles. The van der Waals surface area contributed by atoms with E-state index in [2.05, 4.69) is 5.32 Å². The van der Waals surface area contributed by atoms with Crippen molar-refractivity contribution in [1.82, 2.24) is 10.2 Å². The summed E-state index contributed by atoms with van der Waals surface area (Å²) in [5.74, 6) is 0.0101. The van der Waals surface area contributed by atoms with Gasteiger partial charge in [-0.15, -0.1) is 0 Å². The second-order valence-electron chi connectivity index (χ2n) is 6.32. The van der Waals surface area contributed by atoms with Crippen molar-refractivity contribution in [2.24, 2.45) is 5.92 Å². The first-order valence-electron chi connectivity index (χ1n) is 8.37. The number of carbonyl (C=O) groups is 2. The molecule has 23 heavy (non-hydrogen) atoms. The van der Waals surface area contributed by atoms with Gasteiger partial charge in [0.05, 0.1) is 5.92 Å². The van der Waals surface area contributed by atoms with Crippen LogP contribution >= 0.6 is 0 Å². The molecule has 0 bridgehead atoms. The zero-order valence-electron chi connectivity index (χ0n) is 14.3. The zero-order valence-corrected chi connectivity index (χ0v) is 14.3. The summed E-state index contributed by atoms with van der Waals surface area (Å²) in [6.45, 7) is 3.99. The van der Waals surface area contributed by atoms with E-state index in [0.717, 1.165) is 31.5 Å². The molecule has 1 aliphatic heterocycles. The smallest absolute Gasteiger partial charge is 0.253 e. The molecule has 2 rings (SSSR count). The number of hydrogen-bond acceptors (Lipinski definition) is 3. The molecule has 1 N–H and O–H groups in total. The van der Waals surface area contributed by atoms with Crippen molar-refractivity contribution in [2.45, 2.75) is 26.2 Å². The monoisotopic (exact) mass is 317 g/mol. The van der Waals surface area contributed by atoms with Gasteiger partial charge >= 0.3 is 0 Å². The quantitative estimate of drug-likeness (QED) is 0.905. The number of anilines is 1. The second-order valence-corrected chi connectivity index (χ2v) is 6.32. The summed E-state index contributed by atoms with van der Waals surface area (Å²) in [6.07, 6.45) is 2.67. The molecule has 5 nitrogen and oxygen atoms in total. The lowest BCUT2D eigenvalue weighted by molar-refractivity contribution is -0.126. The van der Waals surface area contributed by atoms with Gasteiger partial charge in [0.2, 0.25) is 5.91 Å². The molecule has 2 amide bonds. The molecule has 0 unspecified atom stereocenters. The molecule has 1 atom stereocenters. The molecule has 1 aromatic rings. The fourth-order valence-electron chi connectivity index (χ4n) is 2.85.